The minimum atomic E-state index is 0.898. The van der Waals surface area contributed by atoms with Crippen molar-refractivity contribution in [2.75, 3.05) is 4.90 Å². The van der Waals surface area contributed by atoms with Gasteiger partial charge in [-0.15, -0.1) is 0 Å². The molecule has 0 aliphatic rings. The fourth-order valence-corrected chi connectivity index (χ4v) is 11.2. The highest BCUT2D eigenvalue weighted by Crippen LogP contribution is 2.47. The predicted molar refractivity (Wildman–Crippen MR) is 292 cm³/mol. The van der Waals surface area contributed by atoms with Gasteiger partial charge in [-0.2, -0.15) is 0 Å². The minimum absolute atomic E-state index is 0.898. The standard InChI is InChI=1S/C66H42N2O/c1-2-19-47(58-29-17-30-59-57-28-11-16-35-65(57)69-66(58)59)46(18-1)43-36-38-44(39-37-43)67(45-40-41-52-50-22-4-3-20-48(50)49-21-5-6-23-51(49)60(52)42-45)61-31-12-7-24-53(61)54-25-8-13-32-62(54)68-63-33-14-9-26-55(63)56-27-10-15-34-64(56)68/h1-42H. The molecule has 0 saturated heterocycles. The summed E-state index contributed by atoms with van der Waals surface area (Å²) >= 11 is 0. The van der Waals surface area contributed by atoms with Crippen molar-refractivity contribution in [1.82, 2.24) is 4.57 Å². The van der Waals surface area contributed by atoms with Crippen LogP contribution in [0, 0.1) is 0 Å². The first-order valence-electron chi connectivity index (χ1n) is 23.7. The molecule has 0 aliphatic carbocycles. The van der Waals surface area contributed by atoms with Gasteiger partial charge in [-0.05, 0) is 104 Å². The lowest BCUT2D eigenvalue weighted by atomic mass is 9.93. The van der Waals surface area contributed by atoms with Crippen molar-refractivity contribution >= 4 is 93.1 Å². The number of anilines is 3. The Morgan fingerprint density at radius 2 is 0.768 bits per heavy atom. The van der Waals surface area contributed by atoms with E-state index in [1.165, 1.54) is 54.1 Å². The normalized spacial score (nSPS) is 11.8. The zero-order chi connectivity index (χ0) is 45.4. The third kappa shape index (κ3) is 6.14. The van der Waals surface area contributed by atoms with E-state index in [-0.39, 0.29) is 0 Å². The summed E-state index contributed by atoms with van der Waals surface area (Å²) in [7, 11) is 0. The van der Waals surface area contributed by atoms with Gasteiger partial charge in [0.2, 0.25) is 0 Å². The summed E-state index contributed by atoms with van der Waals surface area (Å²) in [4.78, 5) is 2.45. The highest BCUT2D eigenvalue weighted by Gasteiger charge is 2.23. The predicted octanol–water partition coefficient (Wildman–Crippen LogP) is 18.6. The van der Waals surface area contributed by atoms with Crippen LogP contribution in [0.3, 0.4) is 0 Å². The Kier molecular flexibility index (Phi) is 8.90. The highest BCUT2D eigenvalue weighted by atomic mass is 16.3. The lowest BCUT2D eigenvalue weighted by molar-refractivity contribution is 0.670. The van der Waals surface area contributed by atoms with E-state index in [0.29, 0.717) is 0 Å². The van der Waals surface area contributed by atoms with Crippen molar-refractivity contribution in [3.8, 4) is 39.1 Å². The van der Waals surface area contributed by atoms with Crippen molar-refractivity contribution in [3.63, 3.8) is 0 Å². The Morgan fingerprint density at radius 1 is 0.290 bits per heavy atom. The summed E-state index contributed by atoms with van der Waals surface area (Å²) in [6.07, 6.45) is 0. The second-order valence-electron chi connectivity index (χ2n) is 17.9. The summed E-state index contributed by atoms with van der Waals surface area (Å²) < 4.78 is 9.01. The van der Waals surface area contributed by atoms with Crippen LogP contribution in [0.25, 0.3) is 115 Å². The minimum Gasteiger partial charge on any atom is -0.455 e. The number of benzene rings is 12. The number of hydrogen-bond acceptors (Lipinski definition) is 2. The van der Waals surface area contributed by atoms with Gasteiger partial charge in [0.25, 0.3) is 0 Å². The number of fused-ring (bicyclic) bond motifs is 12. The molecule has 0 spiro atoms. The van der Waals surface area contributed by atoms with E-state index in [2.05, 4.69) is 258 Å². The molecule has 2 aromatic heterocycles. The van der Waals surface area contributed by atoms with Crippen LogP contribution < -0.4 is 4.90 Å². The molecule has 14 rings (SSSR count). The van der Waals surface area contributed by atoms with Crippen LogP contribution in [0.15, 0.2) is 259 Å². The Hall–Kier alpha value is -9.18. The largest absolute Gasteiger partial charge is 0.455 e. The molecule has 12 aromatic carbocycles. The molecule has 0 radical (unpaired) electrons. The van der Waals surface area contributed by atoms with Crippen molar-refractivity contribution < 1.29 is 4.42 Å². The molecule has 69 heavy (non-hydrogen) atoms. The van der Waals surface area contributed by atoms with Gasteiger partial charge in [-0.1, -0.05) is 200 Å². The van der Waals surface area contributed by atoms with Crippen molar-refractivity contribution in [2.45, 2.75) is 0 Å². The Bertz CT molecular complexity index is 4240. The quantitative estimate of drug-likeness (QED) is 0.149. The van der Waals surface area contributed by atoms with Gasteiger partial charge in [0.15, 0.2) is 0 Å². The summed E-state index contributed by atoms with van der Waals surface area (Å²) in [5.74, 6) is 0. The molecule has 0 atom stereocenters. The summed E-state index contributed by atoms with van der Waals surface area (Å²) in [6.45, 7) is 0. The van der Waals surface area contributed by atoms with Gasteiger partial charge < -0.3 is 13.9 Å². The number of para-hydroxylation sites is 6. The molecule has 0 bridgehead atoms. The van der Waals surface area contributed by atoms with Gasteiger partial charge in [0, 0.05) is 49.6 Å². The third-order valence-corrected chi connectivity index (χ3v) is 14.2. The van der Waals surface area contributed by atoms with Crippen molar-refractivity contribution in [2.24, 2.45) is 0 Å². The first-order chi connectivity index (χ1) is 34.3. The fourth-order valence-electron chi connectivity index (χ4n) is 11.2. The first kappa shape index (κ1) is 39.0. The van der Waals surface area contributed by atoms with E-state index in [9.17, 15) is 0 Å². The average molecular weight is 879 g/mol. The molecule has 0 amide bonds. The van der Waals surface area contributed by atoms with Gasteiger partial charge in [-0.3, -0.25) is 0 Å². The van der Waals surface area contributed by atoms with Crippen LogP contribution >= 0.6 is 0 Å². The van der Waals surface area contributed by atoms with Crippen molar-refractivity contribution in [1.29, 1.82) is 0 Å². The third-order valence-electron chi connectivity index (χ3n) is 14.2. The van der Waals surface area contributed by atoms with Gasteiger partial charge >= 0.3 is 0 Å². The van der Waals surface area contributed by atoms with Crippen LogP contribution in [0.4, 0.5) is 17.1 Å². The molecule has 0 unspecified atom stereocenters. The molecule has 322 valence electrons. The van der Waals surface area contributed by atoms with Crippen molar-refractivity contribution in [3.05, 3.63) is 255 Å². The monoisotopic (exact) mass is 878 g/mol. The molecule has 0 saturated carbocycles. The fraction of sp³-hybridized carbons (Fsp3) is 0. The van der Waals surface area contributed by atoms with Crippen LogP contribution in [-0.2, 0) is 0 Å². The molecule has 0 N–H and O–H groups in total. The van der Waals surface area contributed by atoms with E-state index in [1.807, 2.05) is 6.07 Å². The summed E-state index contributed by atoms with van der Waals surface area (Å²) in [6, 6.07) is 92.5. The molecule has 14 aromatic rings. The number of aromatic nitrogens is 1. The van der Waals surface area contributed by atoms with Gasteiger partial charge in [-0.25, -0.2) is 0 Å². The van der Waals surface area contributed by atoms with Crippen LogP contribution in [0.5, 0.6) is 0 Å². The molecular formula is C66H42N2O. The van der Waals surface area contributed by atoms with E-state index in [0.717, 1.165) is 78.1 Å². The summed E-state index contributed by atoms with van der Waals surface area (Å²) in [5.41, 5.74) is 15.3. The number of furan rings is 1. The Balaban J connectivity index is 0.978. The molecule has 0 fully saturated rings. The molecule has 2 heterocycles. The second-order valence-corrected chi connectivity index (χ2v) is 17.9. The van der Waals surface area contributed by atoms with Crippen LogP contribution in [0.1, 0.15) is 0 Å². The van der Waals surface area contributed by atoms with Crippen LogP contribution in [0.2, 0.25) is 0 Å². The van der Waals surface area contributed by atoms with E-state index >= 15 is 0 Å². The van der Waals surface area contributed by atoms with Crippen LogP contribution in [-0.4, -0.2) is 4.57 Å². The Labute approximate surface area is 399 Å². The Morgan fingerprint density at radius 3 is 1.46 bits per heavy atom. The van der Waals surface area contributed by atoms with Gasteiger partial charge in [0.1, 0.15) is 11.2 Å². The smallest absolute Gasteiger partial charge is 0.143 e. The van der Waals surface area contributed by atoms with E-state index in [1.54, 1.807) is 0 Å². The maximum Gasteiger partial charge on any atom is 0.143 e. The zero-order valence-corrected chi connectivity index (χ0v) is 37.6. The lowest BCUT2D eigenvalue weighted by Gasteiger charge is -2.29. The maximum atomic E-state index is 6.57. The average Bonchev–Trinajstić information content (AvgIpc) is 3.98. The number of rotatable bonds is 7. The lowest BCUT2D eigenvalue weighted by Crippen LogP contribution is -2.11. The van der Waals surface area contributed by atoms with E-state index < -0.39 is 0 Å². The number of hydrogen-bond donors (Lipinski definition) is 0. The number of nitrogens with zero attached hydrogens (tertiary/aromatic N) is 2. The molecular weight excluding hydrogens is 837 g/mol. The van der Waals surface area contributed by atoms with Gasteiger partial charge in [0.05, 0.1) is 22.4 Å². The molecule has 0 aliphatic heterocycles. The SMILES string of the molecule is c1ccc(-c2cccc3c2oc2ccccc23)c(-c2ccc(N(c3ccc4c5ccccc5c5ccccc5c4c3)c3ccccc3-c3ccccc3-n3c4ccccc4c4ccccc43)cc2)c1. The highest BCUT2D eigenvalue weighted by molar-refractivity contribution is 6.26. The molecule has 3 heteroatoms. The maximum absolute atomic E-state index is 6.57. The van der Waals surface area contributed by atoms with E-state index in [4.69, 9.17) is 4.42 Å². The molecule has 3 nitrogen and oxygen atoms in total. The summed E-state index contributed by atoms with van der Waals surface area (Å²) in [5, 5.41) is 12.2. The first-order valence-corrected chi connectivity index (χ1v) is 23.7. The zero-order valence-electron chi connectivity index (χ0n) is 37.6. The second kappa shape index (κ2) is 15.7. The topological polar surface area (TPSA) is 21.3 Å².